The number of fused-ring (bicyclic) bond motifs is 1. The average molecular weight is 310 g/mol. The van der Waals surface area contributed by atoms with Crippen LogP contribution in [0.15, 0.2) is 28.8 Å². The number of para-hydroxylation sites is 1. The number of hydrogen-bond acceptors (Lipinski definition) is 3. The Bertz CT molecular complexity index is 748. The van der Waals surface area contributed by atoms with Gasteiger partial charge in [-0.1, -0.05) is 22.8 Å². The van der Waals surface area contributed by atoms with Crippen LogP contribution in [0.25, 0.3) is 11.0 Å². The number of aromatic nitrogens is 3. The summed E-state index contributed by atoms with van der Waals surface area (Å²) in [5, 5.41) is 4.55. The third-order valence-corrected chi connectivity index (χ3v) is 3.61. The van der Waals surface area contributed by atoms with E-state index in [4.69, 9.17) is 27.7 Å². The molecular formula is C14H13Cl2N3O. The molecule has 0 aliphatic carbocycles. The first-order valence-corrected chi connectivity index (χ1v) is 7.22. The molecule has 104 valence electrons. The summed E-state index contributed by atoms with van der Waals surface area (Å²) in [4.78, 5) is 4.59. The summed E-state index contributed by atoms with van der Waals surface area (Å²) in [6, 6.07) is 7.67. The summed E-state index contributed by atoms with van der Waals surface area (Å²) in [7, 11) is 0. The molecule has 3 aromatic rings. The molecule has 0 fully saturated rings. The summed E-state index contributed by atoms with van der Waals surface area (Å²) < 4.78 is 7.36. The Morgan fingerprint density at radius 2 is 2.20 bits per heavy atom. The minimum atomic E-state index is 0.510. The maximum absolute atomic E-state index is 6.21. The highest BCUT2D eigenvalue weighted by atomic mass is 35.5. The molecule has 0 saturated heterocycles. The van der Waals surface area contributed by atoms with Crippen molar-refractivity contribution in [2.75, 3.05) is 5.88 Å². The number of aryl methyl sites for hydroxylation is 2. The molecule has 4 nitrogen and oxygen atoms in total. The molecule has 20 heavy (non-hydrogen) atoms. The monoisotopic (exact) mass is 309 g/mol. The quantitative estimate of drug-likeness (QED) is 0.688. The van der Waals surface area contributed by atoms with Gasteiger partial charge in [-0.3, -0.25) is 0 Å². The Labute approximate surface area is 126 Å². The molecule has 6 heteroatoms. The molecule has 0 atom stereocenters. The van der Waals surface area contributed by atoms with Crippen LogP contribution in [0, 0.1) is 6.92 Å². The topological polar surface area (TPSA) is 43.9 Å². The second kappa shape index (κ2) is 5.46. The molecule has 0 spiro atoms. The summed E-state index contributed by atoms with van der Waals surface area (Å²) in [5.74, 6) is 2.20. The van der Waals surface area contributed by atoms with Crippen molar-refractivity contribution in [2.24, 2.45) is 0 Å². The SMILES string of the molecule is Cc1cc(Cn2c(CCCl)nc3c(Cl)cccc32)on1. The van der Waals surface area contributed by atoms with Gasteiger partial charge < -0.3 is 9.09 Å². The summed E-state index contributed by atoms with van der Waals surface area (Å²) >= 11 is 12.1. The Morgan fingerprint density at radius 3 is 2.90 bits per heavy atom. The highest BCUT2D eigenvalue weighted by Gasteiger charge is 2.14. The molecule has 0 amide bonds. The highest BCUT2D eigenvalue weighted by molar-refractivity contribution is 6.34. The van der Waals surface area contributed by atoms with Crippen molar-refractivity contribution in [3.63, 3.8) is 0 Å². The molecule has 0 aliphatic heterocycles. The van der Waals surface area contributed by atoms with Gasteiger partial charge in [0.05, 0.1) is 22.8 Å². The van der Waals surface area contributed by atoms with Crippen LogP contribution in [0.5, 0.6) is 0 Å². The first kappa shape index (κ1) is 13.5. The predicted molar refractivity (Wildman–Crippen MR) is 79.5 cm³/mol. The van der Waals surface area contributed by atoms with E-state index in [0.717, 1.165) is 28.3 Å². The number of imidazole rings is 1. The van der Waals surface area contributed by atoms with Gasteiger partial charge >= 0.3 is 0 Å². The lowest BCUT2D eigenvalue weighted by molar-refractivity contribution is 0.373. The second-order valence-corrected chi connectivity index (χ2v) is 5.38. The molecule has 0 N–H and O–H groups in total. The van der Waals surface area contributed by atoms with E-state index in [9.17, 15) is 0 Å². The van der Waals surface area contributed by atoms with Crippen molar-refractivity contribution in [2.45, 2.75) is 19.9 Å². The molecule has 0 unspecified atom stereocenters. The van der Waals surface area contributed by atoms with Gasteiger partial charge in [0.15, 0.2) is 5.76 Å². The van der Waals surface area contributed by atoms with Gasteiger partial charge in [0, 0.05) is 18.4 Å². The third kappa shape index (κ3) is 2.41. The maximum Gasteiger partial charge on any atom is 0.156 e. The molecular weight excluding hydrogens is 297 g/mol. The van der Waals surface area contributed by atoms with E-state index in [0.29, 0.717) is 23.9 Å². The van der Waals surface area contributed by atoms with Crippen LogP contribution >= 0.6 is 23.2 Å². The summed E-state index contributed by atoms with van der Waals surface area (Å²) in [6.45, 7) is 2.47. The smallest absolute Gasteiger partial charge is 0.156 e. The van der Waals surface area contributed by atoms with Crippen molar-refractivity contribution in [3.05, 3.63) is 46.6 Å². The molecule has 1 aromatic carbocycles. The largest absolute Gasteiger partial charge is 0.359 e. The number of nitrogens with zero attached hydrogens (tertiary/aromatic N) is 3. The van der Waals surface area contributed by atoms with Gasteiger partial charge in [-0.15, -0.1) is 11.6 Å². The van der Waals surface area contributed by atoms with Crippen LogP contribution in [0.4, 0.5) is 0 Å². The van der Waals surface area contributed by atoms with Crippen molar-refractivity contribution >= 4 is 34.2 Å². The maximum atomic E-state index is 6.21. The molecule has 0 radical (unpaired) electrons. The van der Waals surface area contributed by atoms with Gasteiger partial charge in [0.2, 0.25) is 0 Å². The van der Waals surface area contributed by atoms with Crippen LogP contribution in [-0.4, -0.2) is 20.6 Å². The number of rotatable bonds is 4. The van der Waals surface area contributed by atoms with Crippen molar-refractivity contribution < 1.29 is 4.52 Å². The Hall–Kier alpha value is -1.52. The number of hydrogen-bond donors (Lipinski definition) is 0. The van der Waals surface area contributed by atoms with Crippen LogP contribution in [-0.2, 0) is 13.0 Å². The minimum absolute atomic E-state index is 0.510. The van der Waals surface area contributed by atoms with Gasteiger partial charge in [-0.05, 0) is 19.1 Å². The summed E-state index contributed by atoms with van der Waals surface area (Å²) in [6.07, 6.45) is 0.680. The summed E-state index contributed by atoms with van der Waals surface area (Å²) in [5.41, 5.74) is 2.64. The molecule has 0 bridgehead atoms. The lowest BCUT2D eigenvalue weighted by Crippen LogP contribution is -2.05. The third-order valence-electron chi connectivity index (χ3n) is 3.12. The van der Waals surface area contributed by atoms with Crippen LogP contribution in [0.1, 0.15) is 17.3 Å². The van der Waals surface area contributed by atoms with Crippen LogP contribution in [0.3, 0.4) is 0 Å². The van der Waals surface area contributed by atoms with E-state index in [1.54, 1.807) is 0 Å². The van der Waals surface area contributed by atoms with Crippen molar-refractivity contribution in [1.82, 2.24) is 14.7 Å². The fraction of sp³-hybridized carbons (Fsp3) is 0.286. The fourth-order valence-electron chi connectivity index (χ4n) is 2.26. The molecule has 2 aromatic heterocycles. The van der Waals surface area contributed by atoms with Gasteiger partial charge in [0.25, 0.3) is 0 Å². The van der Waals surface area contributed by atoms with E-state index in [1.165, 1.54) is 0 Å². The minimum Gasteiger partial charge on any atom is -0.359 e. The number of benzene rings is 1. The first-order valence-electron chi connectivity index (χ1n) is 6.31. The van der Waals surface area contributed by atoms with E-state index < -0.39 is 0 Å². The molecule has 0 saturated carbocycles. The zero-order chi connectivity index (χ0) is 14.1. The standard InChI is InChI=1S/C14H13Cl2N3O/c1-9-7-10(20-18-9)8-19-12-4-2-3-11(16)14(12)17-13(19)5-6-15/h2-4,7H,5-6,8H2,1H3. The first-order chi connectivity index (χ1) is 9.69. The van der Waals surface area contributed by atoms with Crippen molar-refractivity contribution in [1.29, 1.82) is 0 Å². The fourth-order valence-corrected chi connectivity index (χ4v) is 2.64. The average Bonchev–Trinajstić information content (AvgIpc) is 2.97. The molecule has 0 aliphatic rings. The normalized spacial score (nSPS) is 11.3. The zero-order valence-electron chi connectivity index (χ0n) is 10.9. The van der Waals surface area contributed by atoms with Crippen LogP contribution in [0.2, 0.25) is 5.02 Å². The second-order valence-electron chi connectivity index (χ2n) is 4.60. The van der Waals surface area contributed by atoms with Crippen LogP contribution < -0.4 is 0 Å². The number of alkyl halides is 1. The Kier molecular flexibility index (Phi) is 3.68. The lowest BCUT2D eigenvalue weighted by atomic mass is 10.3. The van der Waals surface area contributed by atoms with E-state index in [1.807, 2.05) is 31.2 Å². The molecule has 3 rings (SSSR count). The van der Waals surface area contributed by atoms with Gasteiger partial charge in [-0.25, -0.2) is 4.98 Å². The number of halogens is 2. The van der Waals surface area contributed by atoms with E-state index in [2.05, 4.69) is 14.7 Å². The van der Waals surface area contributed by atoms with Crippen molar-refractivity contribution in [3.8, 4) is 0 Å². The van der Waals surface area contributed by atoms with E-state index in [-0.39, 0.29) is 0 Å². The van der Waals surface area contributed by atoms with E-state index >= 15 is 0 Å². The highest BCUT2D eigenvalue weighted by Crippen LogP contribution is 2.25. The van der Waals surface area contributed by atoms with Gasteiger partial charge in [0.1, 0.15) is 11.3 Å². The Morgan fingerprint density at radius 1 is 1.35 bits per heavy atom. The van der Waals surface area contributed by atoms with Gasteiger partial charge in [-0.2, -0.15) is 0 Å². The predicted octanol–water partition coefficient (Wildman–Crippen LogP) is 3.82. The zero-order valence-corrected chi connectivity index (χ0v) is 12.4. The lowest BCUT2D eigenvalue weighted by Gasteiger charge is -2.05. The Balaban J connectivity index is 2.11. The molecule has 2 heterocycles.